The van der Waals surface area contributed by atoms with Crippen molar-refractivity contribution in [1.29, 1.82) is 0 Å². The van der Waals surface area contributed by atoms with Gasteiger partial charge in [0, 0.05) is 14.1 Å². The molecule has 0 aromatic rings. The van der Waals surface area contributed by atoms with Crippen LogP contribution in [0.4, 0.5) is 0 Å². The van der Waals surface area contributed by atoms with Crippen LogP contribution in [0.3, 0.4) is 0 Å². The Balaban J connectivity index is 2.83. The van der Waals surface area contributed by atoms with E-state index in [0.29, 0.717) is 0 Å². The highest BCUT2D eigenvalue weighted by Gasteiger charge is 2.41. The fourth-order valence-electron chi connectivity index (χ4n) is 1.56. The predicted molar refractivity (Wildman–Crippen MR) is 46.0 cm³/mol. The third kappa shape index (κ3) is 1.20. The number of hydrogen-bond acceptors (Lipinski definition) is 4. The molecule has 1 aliphatic heterocycles. The average Bonchev–Trinajstić information content (AvgIpc) is 2.16. The molecular weight excluding hydrogens is 156 g/mol. The molecule has 1 heterocycles. The van der Waals surface area contributed by atoms with Crippen molar-refractivity contribution in [3.63, 3.8) is 0 Å². The number of amides is 1. The zero-order valence-electron chi connectivity index (χ0n) is 7.98. The van der Waals surface area contributed by atoms with Gasteiger partial charge >= 0.3 is 0 Å². The summed E-state index contributed by atoms with van der Waals surface area (Å²) in [5, 5.41) is 3.39. The largest absolute Gasteiger partial charge is 0.317 e. The number of carbonyl (C=O) groups is 1. The van der Waals surface area contributed by atoms with Crippen LogP contribution < -0.4 is 5.73 Å². The van der Waals surface area contributed by atoms with Gasteiger partial charge in [0.2, 0.25) is 0 Å². The molecule has 5 nitrogen and oxygen atoms in total. The minimum atomic E-state index is -0.435. The number of likely N-dealkylation sites (N-methyl/N-ethyl adjacent to an activating group) is 3. The molecule has 0 aromatic heterocycles. The van der Waals surface area contributed by atoms with Gasteiger partial charge < -0.3 is 5.73 Å². The van der Waals surface area contributed by atoms with Crippen LogP contribution in [0.2, 0.25) is 0 Å². The maximum Gasteiger partial charge on any atom is 0.256 e. The first-order valence-corrected chi connectivity index (χ1v) is 3.89. The van der Waals surface area contributed by atoms with Gasteiger partial charge in [-0.3, -0.25) is 14.7 Å². The minimum Gasteiger partial charge on any atom is -0.317 e. The van der Waals surface area contributed by atoms with Crippen LogP contribution in [0.25, 0.3) is 0 Å². The molecule has 1 amide bonds. The van der Waals surface area contributed by atoms with Crippen LogP contribution in [0.1, 0.15) is 0 Å². The van der Waals surface area contributed by atoms with E-state index in [-0.39, 0.29) is 12.1 Å². The molecule has 1 saturated heterocycles. The van der Waals surface area contributed by atoms with E-state index in [1.54, 1.807) is 12.1 Å². The van der Waals surface area contributed by atoms with Crippen molar-refractivity contribution in [1.82, 2.24) is 14.9 Å². The summed E-state index contributed by atoms with van der Waals surface area (Å²) < 4.78 is 0. The van der Waals surface area contributed by atoms with Gasteiger partial charge in [-0.15, -0.1) is 0 Å². The second kappa shape index (κ2) is 3.01. The van der Waals surface area contributed by atoms with E-state index < -0.39 is 6.04 Å². The highest BCUT2D eigenvalue weighted by Crippen LogP contribution is 2.16. The van der Waals surface area contributed by atoms with E-state index in [1.807, 2.05) is 31.1 Å². The molecule has 2 N–H and O–H groups in total. The topological polar surface area (TPSA) is 52.8 Å². The average molecular weight is 172 g/mol. The number of nitrogens with zero attached hydrogens (tertiary/aromatic N) is 3. The van der Waals surface area contributed by atoms with Crippen molar-refractivity contribution in [2.24, 2.45) is 5.73 Å². The lowest BCUT2D eigenvalue weighted by molar-refractivity contribution is -0.135. The molecule has 0 saturated carbocycles. The molecule has 1 fully saturated rings. The molecule has 12 heavy (non-hydrogen) atoms. The molecule has 5 heteroatoms. The number of hydrogen-bond donors (Lipinski definition) is 1. The van der Waals surface area contributed by atoms with Gasteiger partial charge in [-0.05, 0) is 14.1 Å². The Kier molecular flexibility index (Phi) is 2.36. The third-order valence-electron chi connectivity index (χ3n) is 2.31. The first kappa shape index (κ1) is 9.44. The van der Waals surface area contributed by atoms with Crippen molar-refractivity contribution in [3.8, 4) is 0 Å². The summed E-state index contributed by atoms with van der Waals surface area (Å²) in [5.41, 5.74) is 5.73. The SMILES string of the molecule is CN(C)C1C(N)C(=O)N(C)N1C. The number of nitrogens with two attached hydrogens (primary N) is 1. The summed E-state index contributed by atoms with van der Waals surface area (Å²) >= 11 is 0. The second-order valence-corrected chi connectivity index (χ2v) is 3.34. The van der Waals surface area contributed by atoms with E-state index in [0.717, 1.165) is 0 Å². The summed E-state index contributed by atoms with van der Waals surface area (Å²) in [6.07, 6.45) is -0.0255. The van der Waals surface area contributed by atoms with Crippen molar-refractivity contribution in [3.05, 3.63) is 0 Å². The zero-order chi connectivity index (χ0) is 9.46. The molecular formula is C7H16N4O. The molecule has 0 aromatic carbocycles. The van der Waals surface area contributed by atoms with Crippen molar-refractivity contribution in [2.75, 3.05) is 28.2 Å². The van der Waals surface area contributed by atoms with Crippen molar-refractivity contribution in [2.45, 2.75) is 12.2 Å². The van der Waals surface area contributed by atoms with Gasteiger partial charge in [-0.1, -0.05) is 0 Å². The number of carbonyl (C=O) groups excluding carboxylic acids is 1. The molecule has 70 valence electrons. The van der Waals surface area contributed by atoms with E-state index in [1.165, 1.54) is 0 Å². The molecule has 2 atom stereocenters. The normalized spacial score (nSPS) is 32.2. The minimum absolute atomic E-state index is 0.0255. The Hall–Kier alpha value is -0.650. The maximum absolute atomic E-state index is 11.4. The van der Waals surface area contributed by atoms with E-state index in [9.17, 15) is 4.79 Å². The second-order valence-electron chi connectivity index (χ2n) is 3.34. The van der Waals surface area contributed by atoms with Crippen molar-refractivity contribution < 1.29 is 4.79 Å². The Morgan fingerprint density at radius 1 is 1.42 bits per heavy atom. The van der Waals surface area contributed by atoms with Crippen LogP contribution >= 0.6 is 0 Å². The monoisotopic (exact) mass is 172 g/mol. The smallest absolute Gasteiger partial charge is 0.256 e. The molecule has 0 radical (unpaired) electrons. The third-order valence-corrected chi connectivity index (χ3v) is 2.31. The van der Waals surface area contributed by atoms with Crippen LogP contribution in [0.5, 0.6) is 0 Å². The molecule has 1 rings (SSSR count). The highest BCUT2D eigenvalue weighted by molar-refractivity contribution is 5.83. The van der Waals surface area contributed by atoms with Gasteiger partial charge in [-0.2, -0.15) is 0 Å². The van der Waals surface area contributed by atoms with Crippen LogP contribution in [-0.2, 0) is 4.79 Å². The molecule has 0 bridgehead atoms. The molecule has 0 aliphatic carbocycles. The molecule has 2 unspecified atom stereocenters. The summed E-state index contributed by atoms with van der Waals surface area (Å²) in [6, 6.07) is -0.435. The highest BCUT2D eigenvalue weighted by atomic mass is 16.2. The first-order chi connectivity index (χ1) is 5.46. The Labute approximate surface area is 72.7 Å². The zero-order valence-corrected chi connectivity index (χ0v) is 7.98. The van der Waals surface area contributed by atoms with Crippen LogP contribution in [-0.4, -0.2) is 61.2 Å². The Bertz CT molecular complexity index is 194. The Morgan fingerprint density at radius 2 is 1.92 bits per heavy atom. The molecule has 0 spiro atoms. The summed E-state index contributed by atoms with van der Waals surface area (Å²) in [5.74, 6) is -0.0313. The lowest BCUT2D eigenvalue weighted by Crippen LogP contribution is -2.49. The lowest BCUT2D eigenvalue weighted by Gasteiger charge is -2.29. The number of hydrazine groups is 1. The summed E-state index contributed by atoms with van der Waals surface area (Å²) in [6.45, 7) is 0. The predicted octanol–water partition coefficient (Wildman–Crippen LogP) is -1.48. The lowest BCUT2D eigenvalue weighted by atomic mass is 10.2. The first-order valence-electron chi connectivity index (χ1n) is 3.89. The molecule has 1 aliphatic rings. The summed E-state index contributed by atoms with van der Waals surface area (Å²) in [4.78, 5) is 13.3. The number of rotatable bonds is 1. The van der Waals surface area contributed by atoms with Crippen LogP contribution in [0, 0.1) is 0 Å². The van der Waals surface area contributed by atoms with Gasteiger partial charge in [0.1, 0.15) is 12.2 Å². The van der Waals surface area contributed by atoms with Crippen LogP contribution in [0.15, 0.2) is 0 Å². The van der Waals surface area contributed by atoms with E-state index in [4.69, 9.17) is 5.73 Å². The van der Waals surface area contributed by atoms with E-state index >= 15 is 0 Å². The van der Waals surface area contributed by atoms with Gasteiger partial charge in [0.25, 0.3) is 5.91 Å². The van der Waals surface area contributed by atoms with Gasteiger partial charge in [-0.25, -0.2) is 5.01 Å². The fraction of sp³-hybridized carbons (Fsp3) is 0.857. The summed E-state index contributed by atoms with van der Waals surface area (Å²) in [7, 11) is 7.40. The van der Waals surface area contributed by atoms with Gasteiger partial charge in [0.05, 0.1) is 0 Å². The van der Waals surface area contributed by atoms with Gasteiger partial charge in [0.15, 0.2) is 0 Å². The fourth-order valence-corrected chi connectivity index (χ4v) is 1.56. The Morgan fingerprint density at radius 3 is 2.08 bits per heavy atom. The van der Waals surface area contributed by atoms with E-state index in [2.05, 4.69) is 0 Å². The standard InChI is InChI=1S/C7H16N4O/c1-9(2)6-5(8)7(12)11(4)10(6)3/h5-6H,8H2,1-4H3. The quantitative estimate of drug-likeness (QED) is 0.524. The van der Waals surface area contributed by atoms with Crippen molar-refractivity contribution >= 4 is 5.91 Å². The maximum atomic E-state index is 11.4.